The molecule has 4 rings (SSSR count). The van der Waals surface area contributed by atoms with Crippen LogP contribution in [0.1, 0.15) is 21.6 Å². The number of fused-ring (bicyclic) bond motifs is 1. The fourth-order valence-corrected chi connectivity index (χ4v) is 3.43. The summed E-state index contributed by atoms with van der Waals surface area (Å²) in [6.45, 7) is 1.14. The zero-order chi connectivity index (χ0) is 19.3. The Morgan fingerprint density at radius 2 is 1.82 bits per heavy atom. The molecule has 2 aromatic carbocycles. The van der Waals surface area contributed by atoms with Crippen LogP contribution in [0.4, 0.5) is 0 Å². The SMILES string of the molecule is Cn1ccc2ccc(C(=O)N(CCc3ccccc3)Cc3ccccn3)cc21. The van der Waals surface area contributed by atoms with E-state index in [1.807, 2.05) is 77.3 Å². The van der Waals surface area contributed by atoms with Crippen molar-refractivity contribution in [3.63, 3.8) is 0 Å². The van der Waals surface area contributed by atoms with Crippen LogP contribution < -0.4 is 0 Å². The summed E-state index contributed by atoms with van der Waals surface area (Å²) in [5, 5.41) is 1.14. The van der Waals surface area contributed by atoms with Gasteiger partial charge in [-0.2, -0.15) is 0 Å². The second-order valence-electron chi connectivity index (χ2n) is 6.98. The number of benzene rings is 2. The first-order valence-electron chi connectivity index (χ1n) is 9.49. The fourth-order valence-electron chi connectivity index (χ4n) is 3.43. The summed E-state index contributed by atoms with van der Waals surface area (Å²) in [4.78, 5) is 19.6. The fraction of sp³-hybridized carbons (Fsp3) is 0.167. The van der Waals surface area contributed by atoms with Crippen LogP contribution in [0, 0.1) is 0 Å². The number of hydrogen-bond acceptors (Lipinski definition) is 2. The average Bonchev–Trinajstić information content (AvgIpc) is 3.12. The molecule has 4 heteroatoms. The monoisotopic (exact) mass is 369 g/mol. The minimum atomic E-state index is 0.0321. The van der Waals surface area contributed by atoms with Crippen molar-refractivity contribution >= 4 is 16.8 Å². The molecule has 0 bridgehead atoms. The van der Waals surface area contributed by atoms with Crippen molar-refractivity contribution in [1.29, 1.82) is 0 Å². The summed E-state index contributed by atoms with van der Waals surface area (Å²) >= 11 is 0. The molecule has 0 aliphatic heterocycles. The molecule has 0 aliphatic carbocycles. The van der Waals surface area contributed by atoms with Crippen molar-refractivity contribution in [2.24, 2.45) is 7.05 Å². The predicted octanol–water partition coefficient (Wildman–Crippen LogP) is 4.46. The lowest BCUT2D eigenvalue weighted by Gasteiger charge is -2.23. The van der Waals surface area contributed by atoms with E-state index < -0.39 is 0 Å². The largest absolute Gasteiger partial charge is 0.351 e. The Kier molecular flexibility index (Phi) is 5.20. The van der Waals surface area contributed by atoms with Gasteiger partial charge in [0.25, 0.3) is 5.91 Å². The molecule has 0 N–H and O–H groups in total. The topological polar surface area (TPSA) is 38.1 Å². The van der Waals surface area contributed by atoms with E-state index in [9.17, 15) is 4.79 Å². The molecule has 4 aromatic rings. The first-order chi connectivity index (χ1) is 13.7. The molecule has 2 heterocycles. The standard InChI is InChI=1S/C24H23N3O/c1-26-15-13-20-10-11-21(17-23(20)26)24(28)27(18-22-9-5-6-14-25-22)16-12-19-7-3-2-4-8-19/h2-11,13-15,17H,12,16,18H2,1H3. The van der Waals surface area contributed by atoms with Gasteiger partial charge in [0.2, 0.25) is 0 Å². The van der Waals surface area contributed by atoms with Gasteiger partial charge in [0.15, 0.2) is 0 Å². The van der Waals surface area contributed by atoms with E-state index in [1.165, 1.54) is 5.56 Å². The molecule has 0 spiro atoms. The minimum absolute atomic E-state index is 0.0321. The van der Waals surface area contributed by atoms with E-state index in [4.69, 9.17) is 0 Å². The molecule has 0 atom stereocenters. The Bertz CT molecular complexity index is 1070. The van der Waals surface area contributed by atoms with Gasteiger partial charge in [-0.05, 0) is 47.7 Å². The van der Waals surface area contributed by atoms with Gasteiger partial charge in [-0.3, -0.25) is 9.78 Å². The van der Waals surface area contributed by atoms with Gasteiger partial charge in [0.1, 0.15) is 0 Å². The first-order valence-corrected chi connectivity index (χ1v) is 9.49. The molecule has 28 heavy (non-hydrogen) atoms. The highest BCUT2D eigenvalue weighted by Gasteiger charge is 2.17. The Hall–Kier alpha value is -3.40. The highest BCUT2D eigenvalue weighted by Crippen LogP contribution is 2.19. The van der Waals surface area contributed by atoms with Gasteiger partial charge in [0.05, 0.1) is 12.2 Å². The maximum atomic E-state index is 13.3. The number of amides is 1. The van der Waals surface area contributed by atoms with E-state index >= 15 is 0 Å². The third-order valence-electron chi connectivity index (χ3n) is 5.01. The number of hydrogen-bond donors (Lipinski definition) is 0. The van der Waals surface area contributed by atoms with Crippen molar-refractivity contribution in [2.75, 3.05) is 6.54 Å². The van der Waals surface area contributed by atoms with Gasteiger partial charge in [-0.1, -0.05) is 42.5 Å². The number of nitrogens with zero attached hydrogens (tertiary/aromatic N) is 3. The zero-order valence-electron chi connectivity index (χ0n) is 16.0. The lowest BCUT2D eigenvalue weighted by atomic mass is 10.1. The molecule has 0 fully saturated rings. The summed E-state index contributed by atoms with van der Waals surface area (Å²) < 4.78 is 2.04. The maximum absolute atomic E-state index is 13.3. The van der Waals surface area contributed by atoms with Crippen molar-refractivity contribution in [2.45, 2.75) is 13.0 Å². The van der Waals surface area contributed by atoms with Crippen LogP contribution in [-0.4, -0.2) is 26.9 Å². The molecule has 1 amide bonds. The highest BCUT2D eigenvalue weighted by molar-refractivity contribution is 5.98. The number of aryl methyl sites for hydroxylation is 1. The number of rotatable bonds is 6. The highest BCUT2D eigenvalue weighted by atomic mass is 16.2. The normalized spacial score (nSPS) is 10.9. The van der Waals surface area contributed by atoms with Gasteiger partial charge >= 0.3 is 0 Å². The van der Waals surface area contributed by atoms with Gasteiger partial charge < -0.3 is 9.47 Å². The van der Waals surface area contributed by atoms with E-state index in [0.29, 0.717) is 18.7 Å². The summed E-state index contributed by atoms with van der Waals surface area (Å²) in [6, 6.07) is 24.0. The molecular weight excluding hydrogens is 346 g/mol. The zero-order valence-corrected chi connectivity index (χ0v) is 16.0. The van der Waals surface area contributed by atoms with Crippen LogP contribution in [0.2, 0.25) is 0 Å². The summed E-state index contributed by atoms with van der Waals surface area (Å²) in [5.74, 6) is 0.0321. The Morgan fingerprint density at radius 3 is 2.61 bits per heavy atom. The Balaban J connectivity index is 1.60. The van der Waals surface area contributed by atoms with Gasteiger partial charge in [0, 0.05) is 37.1 Å². The molecule has 0 unspecified atom stereocenters. The average molecular weight is 369 g/mol. The molecule has 0 saturated carbocycles. The molecule has 0 aliphatic rings. The number of carbonyl (C=O) groups excluding carboxylic acids is 1. The van der Waals surface area contributed by atoms with E-state index in [-0.39, 0.29) is 5.91 Å². The number of pyridine rings is 1. The quantitative estimate of drug-likeness (QED) is 0.503. The number of aromatic nitrogens is 2. The lowest BCUT2D eigenvalue weighted by molar-refractivity contribution is 0.0743. The minimum Gasteiger partial charge on any atom is -0.351 e. The van der Waals surface area contributed by atoms with Crippen molar-refractivity contribution < 1.29 is 4.79 Å². The van der Waals surface area contributed by atoms with Crippen LogP contribution in [0.15, 0.2) is 85.2 Å². The Labute approximate surface area is 165 Å². The second-order valence-corrected chi connectivity index (χ2v) is 6.98. The van der Waals surface area contributed by atoms with Crippen LogP contribution in [-0.2, 0) is 20.0 Å². The third-order valence-corrected chi connectivity index (χ3v) is 5.01. The van der Waals surface area contributed by atoms with Gasteiger partial charge in [-0.25, -0.2) is 0 Å². The summed E-state index contributed by atoms with van der Waals surface area (Å²) in [7, 11) is 2.00. The van der Waals surface area contributed by atoms with Crippen molar-refractivity contribution in [3.8, 4) is 0 Å². The van der Waals surface area contributed by atoms with Crippen LogP contribution in [0.25, 0.3) is 10.9 Å². The molecular formula is C24H23N3O. The van der Waals surface area contributed by atoms with Crippen molar-refractivity contribution in [1.82, 2.24) is 14.5 Å². The first kappa shape index (κ1) is 18.0. The van der Waals surface area contributed by atoms with Crippen LogP contribution in [0.5, 0.6) is 0 Å². The number of carbonyl (C=O) groups is 1. The third kappa shape index (κ3) is 3.96. The van der Waals surface area contributed by atoms with E-state index in [2.05, 4.69) is 23.2 Å². The van der Waals surface area contributed by atoms with Crippen LogP contribution >= 0.6 is 0 Å². The predicted molar refractivity (Wildman–Crippen MR) is 112 cm³/mol. The Morgan fingerprint density at radius 1 is 1.00 bits per heavy atom. The molecule has 140 valence electrons. The van der Waals surface area contributed by atoms with Crippen LogP contribution in [0.3, 0.4) is 0 Å². The lowest BCUT2D eigenvalue weighted by Crippen LogP contribution is -2.32. The molecule has 4 nitrogen and oxygen atoms in total. The van der Waals surface area contributed by atoms with Crippen molar-refractivity contribution in [3.05, 3.63) is 102 Å². The summed E-state index contributed by atoms with van der Waals surface area (Å²) in [5.41, 5.74) is 3.88. The van der Waals surface area contributed by atoms with Gasteiger partial charge in [-0.15, -0.1) is 0 Å². The maximum Gasteiger partial charge on any atom is 0.254 e. The smallest absolute Gasteiger partial charge is 0.254 e. The second kappa shape index (κ2) is 8.09. The molecule has 2 aromatic heterocycles. The van der Waals surface area contributed by atoms with E-state index in [1.54, 1.807) is 6.20 Å². The molecule has 0 saturated heterocycles. The summed E-state index contributed by atoms with van der Waals surface area (Å²) in [6.07, 6.45) is 4.59. The van der Waals surface area contributed by atoms with E-state index in [0.717, 1.165) is 23.0 Å². The molecule has 0 radical (unpaired) electrons.